The molecule has 3 fully saturated rings. The topological polar surface area (TPSA) is 103 Å². The van der Waals surface area contributed by atoms with E-state index in [2.05, 4.69) is 31.6 Å². The summed E-state index contributed by atoms with van der Waals surface area (Å²) in [6.45, 7) is 7.29. The van der Waals surface area contributed by atoms with Crippen molar-refractivity contribution in [2.45, 2.75) is 45.1 Å². The molecule has 0 amide bonds. The average Bonchev–Trinajstić information content (AvgIpc) is 3.71. The number of methoxy groups -OCH3 is 1. The Bertz CT molecular complexity index is 1740. The van der Waals surface area contributed by atoms with E-state index < -0.39 is 11.6 Å². The number of pyridine rings is 1. The molecule has 2 saturated carbocycles. The minimum absolute atomic E-state index is 0.388. The van der Waals surface area contributed by atoms with Crippen LogP contribution in [0, 0.1) is 17.8 Å². The van der Waals surface area contributed by atoms with Crippen molar-refractivity contribution in [3.05, 3.63) is 63.6 Å². The smallest absolute Gasteiger partial charge is 0.338 e. The molecule has 9 nitrogen and oxygen atoms in total. The molecule has 2 atom stereocenters. The Labute approximate surface area is 269 Å². The van der Waals surface area contributed by atoms with Crippen molar-refractivity contribution in [2.75, 3.05) is 25.1 Å². The van der Waals surface area contributed by atoms with E-state index in [1.165, 1.54) is 11.5 Å². The highest BCUT2D eigenvalue weighted by Crippen LogP contribution is 2.54. The van der Waals surface area contributed by atoms with Gasteiger partial charge in [0, 0.05) is 48.1 Å². The van der Waals surface area contributed by atoms with Crippen LogP contribution in [0.25, 0.3) is 27.9 Å². The fourth-order valence-corrected chi connectivity index (χ4v) is 7.13. The lowest BCUT2D eigenvalue weighted by molar-refractivity contribution is 0.00692. The third-order valence-electron chi connectivity index (χ3n) is 8.26. The van der Waals surface area contributed by atoms with Crippen LogP contribution in [-0.4, -0.2) is 51.3 Å². The minimum atomic E-state index is -0.599. The molecule has 44 heavy (non-hydrogen) atoms. The Morgan fingerprint density at radius 3 is 2.50 bits per heavy atom. The van der Waals surface area contributed by atoms with Crippen LogP contribution in [0.5, 0.6) is 5.75 Å². The molecular formula is C32H31Cl2N5O4S. The molecule has 0 bridgehead atoms. The SMILES string of the molecule is COc1cc(C(=O)OC(C)(C)C)cc(-c2nc(N3CC4C(C=Cc5c(-c6c(Cl)cncc6Cl)noc5C5CC5)C4C3)ns2)c1. The monoisotopic (exact) mass is 651 g/mol. The maximum Gasteiger partial charge on any atom is 0.338 e. The maximum atomic E-state index is 12.8. The summed E-state index contributed by atoms with van der Waals surface area (Å²) in [7, 11) is 1.57. The van der Waals surface area contributed by atoms with Gasteiger partial charge in [0.2, 0.25) is 5.95 Å². The number of benzene rings is 1. The molecule has 0 radical (unpaired) electrons. The van der Waals surface area contributed by atoms with Crippen LogP contribution >= 0.6 is 34.7 Å². The van der Waals surface area contributed by atoms with Gasteiger partial charge in [-0.25, -0.2) is 4.79 Å². The van der Waals surface area contributed by atoms with Crippen molar-refractivity contribution >= 4 is 52.7 Å². The first-order valence-corrected chi connectivity index (χ1v) is 16.1. The second-order valence-electron chi connectivity index (χ2n) is 12.6. The summed E-state index contributed by atoms with van der Waals surface area (Å²) in [5.41, 5.74) is 2.86. The Balaban J connectivity index is 1.05. The first-order valence-electron chi connectivity index (χ1n) is 14.6. The van der Waals surface area contributed by atoms with E-state index in [1.54, 1.807) is 31.6 Å². The molecule has 2 unspecified atom stereocenters. The van der Waals surface area contributed by atoms with E-state index >= 15 is 0 Å². The summed E-state index contributed by atoms with van der Waals surface area (Å²) in [5.74, 6) is 3.66. The van der Waals surface area contributed by atoms with Gasteiger partial charge in [-0.05, 0) is 81.1 Å². The van der Waals surface area contributed by atoms with Gasteiger partial charge in [0.25, 0.3) is 0 Å². The van der Waals surface area contributed by atoms with Crippen LogP contribution < -0.4 is 9.64 Å². The third-order valence-corrected chi connectivity index (χ3v) is 9.59. The number of anilines is 1. The van der Waals surface area contributed by atoms with Crippen LogP contribution in [0.1, 0.15) is 61.2 Å². The molecule has 1 aliphatic heterocycles. The zero-order valence-corrected chi connectivity index (χ0v) is 27.0. The number of ether oxygens (including phenoxy) is 2. The van der Waals surface area contributed by atoms with Crippen molar-refractivity contribution in [3.63, 3.8) is 0 Å². The highest BCUT2D eigenvalue weighted by molar-refractivity contribution is 7.09. The van der Waals surface area contributed by atoms with Crippen LogP contribution in [-0.2, 0) is 4.74 Å². The van der Waals surface area contributed by atoms with E-state index in [-0.39, 0.29) is 0 Å². The Morgan fingerprint density at radius 1 is 1.11 bits per heavy atom. The summed E-state index contributed by atoms with van der Waals surface area (Å²) in [4.78, 5) is 23.9. The molecule has 3 aliphatic rings. The molecule has 2 aliphatic carbocycles. The number of rotatable bonds is 8. The number of carbonyl (C=O) groups excluding carboxylic acids is 1. The van der Waals surface area contributed by atoms with E-state index in [9.17, 15) is 4.79 Å². The van der Waals surface area contributed by atoms with Crippen molar-refractivity contribution < 1.29 is 18.8 Å². The van der Waals surface area contributed by atoms with E-state index in [1.807, 2.05) is 26.8 Å². The Morgan fingerprint density at radius 2 is 1.84 bits per heavy atom. The summed E-state index contributed by atoms with van der Waals surface area (Å²) >= 11 is 14.3. The molecule has 0 N–H and O–H groups in total. The normalized spacial score (nSPS) is 21.1. The molecule has 3 aromatic heterocycles. The molecule has 228 valence electrons. The Kier molecular flexibility index (Phi) is 7.42. The number of fused-ring (bicyclic) bond motifs is 1. The minimum Gasteiger partial charge on any atom is -0.497 e. The van der Waals surface area contributed by atoms with Gasteiger partial charge in [-0.15, -0.1) is 0 Å². The summed E-state index contributed by atoms with van der Waals surface area (Å²) in [5, 5.41) is 6.01. The number of allylic oxidation sites excluding steroid dienone is 1. The average molecular weight is 653 g/mol. The predicted octanol–water partition coefficient (Wildman–Crippen LogP) is 7.80. The van der Waals surface area contributed by atoms with Gasteiger partial charge in [-0.1, -0.05) is 40.5 Å². The van der Waals surface area contributed by atoms with E-state index in [4.69, 9.17) is 42.2 Å². The number of nitrogens with zero attached hydrogens (tertiary/aromatic N) is 5. The number of halogens is 2. The highest BCUT2D eigenvalue weighted by Gasteiger charge is 2.55. The molecule has 7 rings (SSSR count). The van der Waals surface area contributed by atoms with E-state index in [0.717, 1.165) is 47.8 Å². The molecule has 1 saturated heterocycles. The zero-order chi connectivity index (χ0) is 30.7. The second kappa shape index (κ2) is 11.2. The van der Waals surface area contributed by atoms with Gasteiger partial charge in [-0.3, -0.25) is 4.98 Å². The Hall–Kier alpha value is -3.47. The lowest BCUT2D eigenvalue weighted by Gasteiger charge is -2.19. The van der Waals surface area contributed by atoms with Gasteiger partial charge in [0.1, 0.15) is 27.8 Å². The fourth-order valence-electron chi connectivity index (χ4n) is 5.91. The van der Waals surface area contributed by atoms with Crippen molar-refractivity contribution in [2.24, 2.45) is 17.8 Å². The third kappa shape index (κ3) is 5.71. The van der Waals surface area contributed by atoms with E-state index in [0.29, 0.717) is 62.2 Å². The van der Waals surface area contributed by atoms with Crippen molar-refractivity contribution in [1.29, 1.82) is 0 Å². The molecule has 4 heterocycles. The van der Waals surface area contributed by atoms with Gasteiger partial charge >= 0.3 is 5.97 Å². The van der Waals surface area contributed by atoms with Gasteiger partial charge < -0.3 is 18.9 Å². The quantitative estimate of drug-likeness (QED) is 0.176. The van der Waals surface area contributed by atoms with Gasteiger partial charge in [0.15, 0.2) is 0 Å². The number of hydrogen-bond donors (Lipinski definition) is 0. The first kappa shape index (κ1) is 29.3. The summed E-state index contributed by atoms with van der Waals surface area (Å²) in [6.07, 6.45) is 9.77. The standard InChI is InChI=1S/C32H31Cl2N5O4S/c1-32(2,3)42-30(40)18-9-17(10-19(11-18)41-4)29-36-31(38-44-29)39-14-22-20(23(22)15-39)7-8-21-27(37-43-28(21)16-5-6-16)26-24(33)12-35-13-25(26)34/h7-13,16,20,22-23H,5-6,14-15H2,1-4H3. The van der Waals surface area contributed by atoms with Crippen molar-refractivity contribution in [3.8, 4) is 27.6 Å². The van der Waals surface area contributed by atoms with Crippen LogP contribution in [0.15, 0.2) is 41.2 Å². The summed E-state index contributed by atoms with van der Waals surface area (Å²) in [6, 6.07) is 5.32. The number of esters is 1. The molecule has 12 heteroatoms. The maximum absolute atomic E-state index is 12.8. The van der Waals surface area contributed by atoms with Crippen LogP contribution in [0.4, 0.5) is 5.95 Å². The summed E-state index contributed by atoms with van der Waals surface area (Å²) < 4.78 is 21.5. The van der Waals surface area contributed by atoms with Crippen LogP contribution in [0.2, 0.25) is 10.0 Å². The number of hydrogen-bond acceptors (Lipinski definition) is 10. The molecule has 0 spiro atoms. The first-order chi connectivity index (χ1) is 21.1. The molecule has 1 aromatic carbocycles. The second-order valence-corrected chi connectivity index (χ2v) is 14.1. The fraction of sp³-hybridized carbons (Fsp3) is 0.406. The highest BCUT2D eigenvalue weighted by atomic mass is 35.5. The number of aromatic nitrogens is 4. The predicted molar refractivity (Wildman–Crippen MR) is 171 cm³/mol. The van der Waals surface area contributed by atoms with Gasteiger partial charge in [-0.2, -0.15) is 9.36 Å². The van der Waals surface area contributed by atoms with Crippen LogP contribution in [0.3, 0.4) is 0 Å². The molecular weight excluding hydrogens is 621 g/mol. The lowest BCUT2D eigenvalue weighted by Crippen LogP contribution is -2.24. The number of carbonyl (C=O) groups is 1. The molecule has 4 aromatic rings. The zero-order valence-electron chi connectivity index (χ0n) is 24.7. The van der Waals surface area contributed by atoms with Gasteiger partial charge in [0.05, 0.1) is 22.7 Å². The number of piperidine rings is 1. The lowest BCUT2D eigenvalue weighted by atomic mass is 10.0. The van der Waals surface area contributed by atoms with Crippen molar-refractivity contribution in [1.82, 2.24) is 19.5 Å². The largest absolute Gasteiger partial charge is 0.497 e.